The molecule has 0 aliphatic carbocycles. The topological polar surface area (TPSA) is 135 Å². The molecule has 0 radical (unpaired) electrons. The molecule has 2 rings (SSSR count). The Morgan fingerprint density at radius 2 is 1.96 bits per heavy atom. The van der Waals surface area contributed by atoms with Gasteiger partial charge in [-0.25, -0.2) is 4.79 Å². The molecule has 24 heavy (non-hydrogen) atoms. The summed E-state index contributed by atoms with van der Waals surface area (Å²) < 4.78 is 33.3. The lowest BCUT2D eigenvalue weighted by atomic mass is 10.3. The van der Waals surface area contributed by atoms with Gasteiger partial charge in [-0.15, -0.1) is 10.2 Å². The summed E-state index contributed by atoms with van der Waals surface area (Å²) in [6, 6.07) is 1.77. The number of carboxylic acid groups (broad SMARTS) is 2. The average molecular weight is 349 g/mol. The van der Waals surface area contributed by atoms with E-state index in [0.717, 1.165) is 5.56 Å². The van der Waals surface area contributed by atoms with E-state index in [1.807, 2.05) is 0 Å². The molecule has 0 unspecified atom stereocenters. The zero-order valence-corrected chi connectivity index (χ0v) is 12.2. The Morgan fingerprint density at radius 3 is 2.33 bits per heavy atom. The quantitative estimate of drug-likeness (QED) is 0.716. The van der Waals surface area contributed by atoms with Gasteiger partial charge in [0.05, 0.1) is 12.6 Å². The van der Waals surface area contributed by atoms with Crippen molar-refractivity contribution in [1.29, 1.82) is 0 Å². The van der Waals surface area contributed by atoms with Crippen LogP contribution >= 0.6 is 0 Å². The van der Waals surface area contributed by atoms with Gasteiger partial charge in [-0.3, -0.25) is 4.79 Å². The van der Waals surface area contributed by atoms with E-state index in [0.29, 0.717) is 12.4 Å². The van der Waals surface area contributed by atoms with Gasteiger partial charge in [-0.1, -0.05) is 4.68 Å². The molecule has 0 fully saturated rings. The second kappa shape index (κ2) is 7.94. The number of rotatable bonds is 4. The van der Waals surface area contributed by atoms with Gasteiger partial charge in [0.15, 0.2) is 12.7 Å². The Kier molecular flexibility index (Phi) is 6.26. The zero-order chi connectivity index (χ0) is 18.3. The van der Waals surface area contributed by atoms with E-state index in [9.17, 15) is 18.0 Å². The van der Waals surface area contributed by atoms with E-state index >= 15 is 0 Å². The van der Waals surface area contributed by atoms with Gasteiger partial charge in [-0.2, -0.15) is 18.0 Å². The molecule has 2 aromatic heterocycles. The fourth-order valence-corrected chi connectivity index (χ4v) is 1.26. The minimum absolute atomic E-state index is 0.0421. The number of tetrazole rings is 1. The van der Waals surface area contributed by atoms with Crippen LogP contribution in [0.5, 0.6) is 0 Å². The number of hydrogen-bond donors (Lipinski definition) is 2. The summed E-state index contributed by atoms with van der Waals surface area (Å²) in [5, 5.41) is 31.3. The molecule has 10 nitrogen and oxygen atoms in total. The Hall–Kier alpha value is -3.12. The predicted octanol–water partition coefficient (Wildman–Crippen LogP) is -0.332. The summed E-state index contributed by atoms with van der Waals surface area (Å²) in [7, 11) is 1.68. The molecule has 0 saturated heterocycles. The van der Waals surface area contributed by atoms with Crippen LogP contribution in [-0.2, 0) is 23.2 Å². The highest BCUT2D eigenvalue weighted by Gasteiger charge is 2.38. The highest BCUT2D eigenvalue weighted by Crippen LogP contribution is 2.13. The molecule has 0 aromatic carbocycles. The molecular formula is C11H12F3N6O4+. The molecule has 0 aliphatic heterocycles. The molecule has 0 spiro atoms. The minimum Gasteiger partial charge on any atom is -0.481 e. The highest BCUT2D eigenvalue weighted by molar-refractivity contribution is 5.73. The van der Waals surface area contributed by atoms with Crippen molar-refractivity contribution in [3.8, 4) is 11.4 Å². The Morgan fingerprint density at radius 1 is 1.33 bits per heavy atom. The normalized spacial score (nSPS) is 10.7. The van der Waals surface area contributed by atoms with Crippen LogP contribution in [0.15, 0.2) is 18.5 Å². The standard InChI is InChI=1S/C9H10N6O2.C2HF3O2/c1-14-12-9(11-13-14)7-2-4-15(10-6-7)5-3-8(16)17;3-2(4,5)1(6)7/h2,4,6H,3,5H2,1H3;(H,6,7)/p+1. The van der Waals surface area contributed by atoms with Crippen molar-refractivity contribution in [2.75, 3.05) is 0 Å². The average Bonchev–Trinajstić information content (AvgIpc) is 2.92. The number of hydrogen-bond acceptors (Lipinski definition) is 6. The monoisotopic (exact) mass is 349 g/mol. The minimum atomic E-state index is -5.08. The van der Waals surface area contributed by atoms with Crippen molar-refractivity contribution in [3.05, 3.63) is 18.5 Å². The van der Waals surface area contributed by atoms with E-state index in [4.69, 9.17) is 15.0 Å². The first-order valence-corrected chi connectivity index (χ1v) is 6.21. The van der Waals surface area contributed by atoms with Crippen LogP contribution in [-0.4, -0.2) is 53.6 Å². The first kappa shape index (κ1) is 18.9. The number of aliphatic carboxylic acids is 2. The van der Waals surface area contributed by atoms with E-state index in [-0.39, 0.29) is 6.42 Å². The maximum atomic E-state index is 10.6. The third-order valence-electron chi connectivity index (χ3n) is 2.34. The fourth-order valence-electron chi connectivity index (χ4n) is 1.26. The number of halogens is 3. The Bertz CT molecular complexity index is 701. The molecule has 0 bridgehead atoms. The first-order chi connectivity index (χ1) is 11.1. The maximum Gasteiger partial charge on any atom is 0.490 e. The summed E-state index contributed by atoms with van der Waals surface area (Å²) >= 11 is 0. The second-order valence-corrected chi connectivity index (χ2v) is 4.23. The van der Waals surface area contributed by atoms with Gasteiger partial charge < -0.3 is 10.2 Å². The number of aryl methyl sites for hydroxylation is 2. The summed E-state index contributed by atoms with van der Waals surface area (Å²) in [4.78, 5) is 20.6. The molecular weight excluding hydrogens is 337 g/mol. The highest BCUT2D eigenvalue weighted by atomic mass is 19.4. The first-order valence-electron chi connectivity index (χ1n) is 6.21. The van der Waals surface area contributed by atoms with Crippen molar-refractivity contribution in [1.82, 2.24) is 25.3 Å². The summed E-state index contributed by atoms with van der Waals surface area (Å²) in [6.07, 6.45) is -1.77. The van der Waals surface area contributed by atoms with Crippen molar-refractivity contribution in [3.63, 3.8) is 0 Å². The van der Waals surface area contributed by atoms with Crippen molar-refractivity contribution in [2.45, 2.75) is 19.1 Å². The van der Waals surface area contributed by atoms with Crippen LogP contribution in [0.2, 0.25) is 0 Å². The van der Waals surface area contributed by atoms with Crippen LogP contribution in [0.1, 0.15) is 6.42 Å². The number of carbonyl (C=O) groups is 2. The van der Waals surface area contributed by atoms with Gasteiger partial charge in [0, 0.05) is 6.07 Å². The SMILES string of the molecule is Cn1nnc(-c2cc[n+](CCC(=O)O)nc2)n1.O=C(O)C(F)(F)F. The maximum absolute atomic E-state index is 10.6. The number of carboxylic acids is 2. The van der Waals surface area contributed by atoms with Gasteiger partial charge in [0.1, 0.15) is 12.6 Å². The fraction of sp³-hybridized carbons (Fsp3) is 0.364. The summed E-state index contributed by atoms with van der Waals surface area (Å²) in [6.45, 7) is 0.337. The molecule has 0 saturated carbocycles. The third kappa shape index (κ3) is 6.33. The molecule has 2 heterocycles. The van der Waals surface area contributed by atoms with E-state index in [1.165, 1.54) is 4.80 Å². The molecule has 2 aromatic rings. The molecule has 2 N–H and O–H groups in total. The number of nitrogens with zero attached hydrogens (tertiary/aromatic N) is 6. The van der Waals surface area contributed by atoms with Crippen molar-refractivity contribution in [2.24, 2.45) is 7.05 Å². The molecule has 0 amide bonds. The second-order valence-electron chi connectivity index (χ2n) is 4.23. The predicted molar refractivity (Wildman–Crippen MR) is 68.2 cm³/mol. The smallest absolute Gasteiger partial charge is 0.481 e. The molecule has 13 heteroatoms. The summed E-state index contributed by atoms with van der Waals surface area (Å²) in [5.74, 6) is -3.11. The Balaban J connectivity index is 0.000000351. The van der Waals surface area contributed by atoms with Gasteiger partial charge in [-0.05, 0) is 10.3 Å². The lowest BCUT2D eigenvalue weighted by Gasteiger charge is -1.93. The van der Waals surface area contributed by atoms with E-state index < -0.39 is 18.1 Å². The van der Waals surface area contributed by atoms with Gasteiger partial charge in [0.2, 0.25) is 5.82 Å². The van der Waals surface area contributed by atoms with Crippen LogP contribution < -0.4 is 4.68 Å². The van der Waals surface area contributed by atoms with Crippen LogP contribution in [0.25, 0.3) is 11.4 Å². The molecule has 130 valence electrons. The lowest BCUT2D eigenvalue weighted by Crippen LogP contribution is -2.38. The van der Waals surface area contributed by atoms with Gasteiger partial charge in [0.25, 0.3) is 0 Å². The van der Waals surface area contributed by atoms with Crippen molar-refractivity contribution < 1.29 is 37.7 Å². The van der Waals surface area contributed by atoms with Crippen LogP contribution in [0.3, 0.4) is 0 Å². The van der Waals surface area contributed by atoms with E-state index in [1.54, 1.807) is 30.2 Å². The molecule has 0 atom stereocenters. The summed E-state index contributed by atoms with van der Waals surface area (Å²) in [5.41, 5.74) is 0.740. The van der Waals surface area contributed by atoms with Crippen LogP contribution in [0.4, 0.5) is 13.2 Å². The zero-order valence-electron chi connectivity index (χ0n) is 12.2. The molecule has 0 aliphatic rings. The third-order valence-corrected chi connectivity index (χ3v) is 2.34. The van der Waals surface area contributed by atoms with Crippen molar-refractivity contribution >= 4 is 11.9 Å². The van der Waals surface area contributed by atoms with E-state index in [2.05, 4.69) is 20.5 Å². The van der Waals surface area contributed by atoms with Crippen LogP contribution in [0, 0.1) is 0 Å². The number of aromatic nitrogens is 6. The lowest BCUT2D eigenvalue weighted by molar-refractivity contribution is -0.752. The Labute approximate surface area is 132 Å². The number of alkyl halides is 3. The largest absolute Gasteiger partial charge is 0.490 e. The van der Waals surface area contributed by atoms with Gasteiger partial charge >= 0.3 is 18.1 Å².